The molecular weight excluding hydrogens is 249 g/mol. The number of nitrogens with zero attached hydrogens (tertiary/aromatic N) is 3. The van der Waals surface area contributed by atoms with Crippen LogP contribution in [-0.2, 0) is 0 Å². The van der Waals surface area contributed by atoms with Gasteiger partial charge in [0.25, 0.3) is 8.53 Å². The van der Waals surface area contributed by atoms with Crippen molar-refractivity contribution >= 4 is 20.1 Å². The van der Waals surface area contributed by atoms with Gasteiger partial charge in [-0.3, -0.25) is 0 Å². The largest absolute Gasteiger partial charge is 0.337 e. The number of alkyl halides is 1. The summed E-state index contributed by atoms with van der Waals surface area (Å²) in [7, 11) is -2.28. The highest BCUT2D eigenvalue weighted by molar-refractivity contribution is 7.42. The van der Waals surface area contributed by atoms with Gasteiger partial charge in [-0.1, -0.05) is 0 Å². The van der Waals surface area contributed by atoms with E-state index < -0.39 is 13.9 Å². The minimum Gasteiger partial charge on any atom is -0.337 e. The first-order valence-corrected chi connectivity index (χ1v) is 6.72. The van der Waals surface area contributed by atoms with Crippen LogP contribution in [0, 0.1) is 11.3 Å². The fourth-order valence-corrected chi connectivity index (χ4v) is 2.71. The van der Waals surface area contributed by atoms with Crippen molar-refractivity contribution in [1.82, 2.24) is 9.79 Å². The van der Waals surface area contributed by atoms with Crippen molar-refractivity contribution in [3.8, 4) is 6.07 Å². The molecule has 0 radical (unpaired) electrons. The van der Waals surface area contributed by atoms with Gasteiger partial charge in [-0.15, -0.1) is 11.6 Å². The zero-order valence-electron chi connectivity index (χ0n) is 10.0. The van der Waals surface area contributed by atoms with Crippen molar-refractivity contribution in [2.45, 2.75) is 45.2 Å². The third kappa shape index (κ3) is 4.92. The second-order valence-electron chi connectivity index (χ2n) is 3.99. The molecule has 0 aliphatic heterocycles. The minimum atomic E-state index is -2.28. The van der Waals surface area contributed by atoms with E-state index in [0.29, 0.717) is 0 Å². The third-order valence-corrected chi connectivity index (χ3v) is 3.01. The van der Waals surface area contributed by atoms with Crippen LogP contribution in [0.25, 0.3) is 0 Å². The molecule has 16 heavy (non-hydrogen) atoms. The Kier molecular flexibility index (Phi) is 7.41. The molecule has 0 saturated heterocycles. The molecule has 0 fully saturated rings. The third-order valence-electron chi connectivity index (χ3n) is 1.99. The quantitative estimate of drug-likeness (QED) is 0.435. The molecule has 0 spiro atoms. The average Bonchev–Trinajstić information content (AvgIpc) is 2.14. The fourth-order valence-electron chi connectivity index (χ4n) is 1.57. The summed E-state index contributed by atoms with van der Waals surface area (Å²) in [6.45, 7) is 7.89. The first-order valence-electron chi connectivity index (χ1n) is 5.08. The standard InChI is InChI=1S/C9H19ClN3O2P/c1-7(2)13(8(3)4)12(16(14)15)6-9(10)5-11/h7-9,14-15H,6H2,1-4H3. The fraction of sp³-hybridized carbons (Fsp3) is 0.889. The molecule has 0 bridgehead atoms. The van der Waals surface area contributed by atoms with E-state index in [1.165, 1.54) is 4.78 Å². The molecule has 0 rings (SSSR count). The zero-order valence-corrected chi connectivity index (χ0v) is 11.7. The highest BCUT2D eigenvalue weighted by Crippen LogP contribution is 2.34. The number of hydrazine groups is 1. The van der Waals surface area contributed by atoms with E-state index in [2.05, 4.69) is 0 Å². The lowest BCUT2D eigenvalue weighted by Gasteiger charge is -2.40. The smallest absolute Gasteiger partial charge is 0.268 e. The van der Waals surface area contributed by atoms with E-state index in [9.17, 15) is 9.79 Å². The van der Waals surface area contributed by atoms with Gasteiger partial charge in [0.15, 0.2) is 0 Å². The van der Waals surface area contributed by atoms with Crippen molar-refractivity contribution in [2.75, 3.05) is 6.54 Å². The summed E-state index contributed by atoms with van der Waals surface area (Å²) in [6.07, 6.45) is 0. The first kappa shape index (κ1) is 16.1. The van der Waals surface area contributed by atoms with Gasteiger partial charge in [0, 0.05) is 12.1 Å². The number of rotatable bonds is 6. The van der Waals surface area contributed by atoms with Gasteiger partial charge in [-0.2, -0.15) is 10.0 Å². The summed E-state index contributed by atoms with van der Waals surface area (Å²) >= 11 is 5.72. The topological polar surface area (TPSA) is 70.7 Å². The summed E-state index contributed by atoms with van der Waals surface area (Å²) in [5.74, 6) is 0. The molecule has 1 atom stereocenters. The van der Waals surface area contributed by atoms with Crippen LogP contribution in [0.15, 0.2) is 0 Å². The molecular formula is C9H19ClN3O2P. The Morgan fingerprint density at radius 1 is 1.25 bits per heavy atom. The van der Waals surface area contributed by atoms with Crippen molar-refractivity contribution in [3.05, 3.63) is 0 Å². The molecule has 0 aliphatic carbocycles. The maximum absolute atomic E-state index is 9.36. The SMILES string of the molecule is CC(C)N(C(C)C)N(CC(Cl)C#N)P(O)O. The molecule has 0 saturated carbocycles. The normalized spacial score (nSPS) is 14.2. The summed E-state index contributed by atoms with van der Waals surface area (Å²) in [6, 6.07) is 2.08. The van der Waals surface area contributed by atoms with Crippen molar-refractivity contribution in [1.29, 1.82) is 5.26 Å². The lowest BCUT2D eigenvalue weighted by molar-refractivity contribution is -0.0139. The maximum atomic E-state index is 9.36. The van der Waals surface area contributed by atoms with Crippen LogP contribution in [0.4, 0.5) is 0 Å². The van der Waals surface area contributed by atoms with Gasteiger partial charge in [-0.25, -0.2) is 5.01 Å². The van der Waals surface area contributed by atoms with Crippen LogP contribution >= 0.6 is 20.1 Å². The van der Waals surface area contributed by atoms with Crippen LogP contribution in [0.5, 0.6) is 0 Å². The highest BCUT2D eigenvalue weighted by Gasteiger charge is 2.28. The maximum Gasteiger partial charge on any atom is 0.268 e. The Labute approximate surface area is 103 Å². The number of nitriles is 1. The van der Waals surface area contributed by atoms with E-state index in [-0.39, 0.29) is 18.6 Å². The first-order chi connectivity index (χ1) is 7.31. The molecule has 7 heteroatoms. The van der Waals surface area contributed by atoms with Crippen molar-refractivity contribution in [3.63, 3.8) is 0 Å². The molecule has 5 nitrogen and oxygen atoms in total. The number of halogens is 1. The predicted molar refractivity (Wildman–Crippen MR) is 65.4 cm³/mol. The lowest BCUT2D eigenvalue weighted by Crippen LogP contribution is -2.49. The van der Waals surface area contributed by atoms with Gasteiger partial charge < -0.3 is 9.79 Å². The van der Waals surface area contributed by atoms with Gasteiger partial charge in [0.2, 0.25) is 0 Å². The molecule has 2 N–H and O–H groups in total. The zero-order chi connectivity index (χ0) is 12.9. The second-order valence-corrected chi connectivity index (χ2v) is 5.51. The molecule has 0 aromatic carbocycles. The van der Waals surface area contributed by atoms with Gasteiger partial charge in [0.1, 0.15) is 5.38 Å². The van der Waals surface area contributed by atoms with Crippen LogP contribution in [0.3, 0.4) is 0 Å². The Morgan fingerprint density at radius 2 is 1.69 bits per heavy atom. The summed E-state index contributed by atoms with van der Waals surface area (Å²) in [5, 5.41) is 9.70. The molecule has 1 unspecified atom stereocenters. The van der Waals surface area contributed by atoms with Crippen molar-refractivity contribution < 1.29 is 9.79 Å². The summed E-state index contributed by atoms with van der Waals surface area (Å²) < 4.78 is 1.37. The second kappa shape index (κ2) is 7.39. The monoisotopic (exact) mass is 267 g/mol. The van der Waals surface area contributed by atoms with E-state index in [1.54, 1.807) is 0 Å². The Bertz CT molecular complexity index is 237. The summed E-state index contributed by atoms with van der Waals surface area (Å²) in [5.41, 5.74) is 0. The lowest BCUT2D eigenvalue weighted by atomic mass is 10.3. The number of hydrogen-bond acceptors (Lipinski definition) is 5. The Balaban J connectivity index is 4.80. The van der Waals surface area contributed by atoms with Crippen molar-refractivity contribution in [2.24, 2.45) is 0 Å². The summed E-state index contributed by atoms with van der Waals surface area (Å²) in [4.78, 5) is 18.7. The van der Waals surface area contributed by atoms with Gasteiger partial charge in [0.05, 0.1) is 12.6 Å². The van der Waals surface area contributed by atoms with Gasteiger partial charge >= 0.3 is 0 Å². The van der Waals surface area contributed by atoms with Crippen LogP contribution in [-0.4, -0.2) is 43.6 Å². The molecule has 0 heterocycles. The van der Waals surface area contributed by atoms with E-state index in [4.69, 9.17) is 16.9 Å². The van der Waals surface area contributed by atoms with E-state index in [1.807, 2.05) is 38.8 Å². The molecule has 0 aromatic rings. The Morgan fingerprint density at radius 3 is 1.94 bits per heavy atom. The minimum absolute atomic E-state index is 0.104. The molecule has 0 aromatic heterocycles. The van der Waals surface area contributed by atoms with E-state index in [0.717, 1.165) is 0 Å². The van der Waals surface area contributed by atoms with Gasteiger partial charge in [-0.05, 0) is 27.7 Å². The molecule has 0 amide bonds. The molecule has 94 valence electrons. The van der Waals surface area contributed by atoms with Crippen LogP contribution in [0.1, 0.15) is 27.7 Å². The molecule has 0 aliphatic rings. The van der Waals surface area contributed by atoms with Crippen LogP contribution in [0.2, 0.25) is 0 Å². The van der Waals surface area contributed by atoms with Crippen LogP contribution < -0.4 is 0 Å². The predicted octanol–water partition coefficient (Wildman–Crippen LogP) is 1.66. The Hall–Kier alpha value is 0.0500. The van der Waals surface area contributed by atoms with E-state index >= 15 is 0 Å². The number of hydrogen-bond donors (Lipinski definition) is 2. The average molecular weight is 268 g/mol. The highest BCUT2D eigenvalue weighted by atomic mass is 35.5.